The number of rotatable bonds is 1. The molecule has 0 saturated heterocycles. The van der Waals surface area contributed by atoms with Crippen LogP contribution in [-0.2, 0) is 10.0 Å². The summed E-state index contributed by atoms with van der Waals surface area (Å²) in [6.07, 6.45) is 0. The smallest absolute Gasteiger partial charge is 0.201 e. The van der Waals surface area contributed by atoms with Gasteiger partial charge in [0, 0.05) is 11.1 Å². The minimum absolute atomic E-state index is 0.280. The van der Waals surface area contributed by atoms with Gasteiger partial charge in [0.25, 0.3) is 10.0 Å². The lowest BCUT2D eigenvalue weighted by atomic mass is 10.2. The molecule has 0 spiro atoms. The molecule has 0 unspecified atom stereocenters. The quantitative estimate of drug-likeness (QED) is 0.537. The summed E-state index contributed by atoms with van der Waals surface area (Å²) in [4.78, 5) is 0.280. The van der Waals surface area contributed by atoms with Crippen LogP contribution in [-0.4, -0.2) is 22.6 Å². The van der Waals surface area contributed by atoms with E-state index in [0.717, 1.165) is 5.56 Å². The Kier molecular flexibility index (Phi) is 2.14. The average molecular weight is 283 g/mol. The van der Waals surface area contributed by atoms with Crippen molar-refractivity contribution in [1.82, 2.24) is 14.2 Å². The zero-order chi connectivity index (χ0) is 13.7. The predicted octanol–water partition coefficient (Wildman–Crippen LogP) is 2.16. The molecule has 2 aromatic carbocycles. The van der Waals surface area contributed by atoms with Gasteiger partial charge in [0.05, 0.1) is 4.90 Å². The normalized spacial score (nSPS) is 14.8. The number of hydrogen-bond acceptors (Lipinski definition) is 4. The highest BCUT2D eigenvalue weighted by Gasteiger charge is 2.36. The van der Waals surface area contributed by atoms with Crippen LogP contribution in [0, 0.1) is 0 Å². The summed E-state index contributed by atoms with van der Waals surface area (Å²) in [7, 11) is -3.61. The van der Waals surface area contributed by atoms with Crippen molar-refractivity contribution in [3.8, 4) is 22.8 Å². The maximum Gasteiger partial charge on any atom is 0.272 e. The number of nitrogens with zero attached hydrogens (tertiary/aromatic N) is 3. The van der Waals surface area contributed by atoms with Gasteiger partial charge < -0.3 is 0 Å². The Morgan fingerprint density at radius 2 is 1.45 bits per heavy atom. The van der Waals surface area contributed by atoms with E-state index in [4.69, 9.17) is 0 Å². The van der Waals surface area contributed by atoms with E-state index in [1.54, 1.807) is 24.3 Å². The van der Waals surface area contributed by atoms with Crippen LogP contribution in [0.15, 0.2) is 59.5 Å². The Balaban J connectivity index is 2.07. The Labute approximate surface area is 115 Å². The third kappa shape index (κ3) is 1.34. The Morgan fingerprint density at radius 1 is 0.800 bits per heavy atom. The third-order valence-corrected chi connectivity index (χ3v) is 5.04. The van der Waals surface area contributed by atoms with Gasteiger partial charge in [0.15, 0.2) is 11.6 Å². The molecule has 0 fully saturated rings. The van der Waals surface area contributed by atoms with Gasteiger partial charge in [-0.25, -0.2) is 8.42 Å². The fourth-order valence-corrected chi connectivity index (χ4v) is 4.02. The second kappa shape index (κ2) is 3.77. The lowest BCUT2D eigenvalue weighted by molar-refractivity contribution is 0.591. The summed E-state index contributed by atoms with van der Waals surface area (Å²) in [6.45, 7) is 0. The molecule has 0 amide bonds. The molecule has 5 nitrogen and oxygen atoms in total. The van der Waals surface area contributed by atoms with Crippen LogP contribution >= 0.6 is 0 Å². The van der Waals surface area contributed by atoms with Gasteiger partial charge >= 0.3 is 0 Å². The number of benzene rings is 2. The number of hydrogen-bond donors (Lipinski definition) is 0. The van der Waals surface area contributed by atoms with Gasteiger partial charge in [0.1, 0.15) is 0 Å². The van der Waals surface area contributed by atoms with Crippen LogP contribution in [0.4, 0.5) is 0 Å². The van der Waals surface area contributed by atoms with E-state index in [2.05, 4.69) is 10.2 Å². The van der Waals surface area contributed by atoms with Crippen molar-refractivity contribution >= 4 is 10.0 Å². The number of fused-ring (bicyclic) bond motifs is 3. The zero-order valence-corrected chi connectivity index (χ0v) is 11.1. The van der Waals surface area contributed by atoms with Crippen molar-refractivity contribution in [2.24, 2.45) is 0 Å². The summed E-state index contributed by atoms with van der Waals surface area (Å²) < 4.78 is 26.4. The van der Waals surface area contributed by atoms with Crippen LogP contribution in [0.2, 0.25) is 0 Å². The molecule has 1 aromatic heterocycles. The fraction of sp³-hybridized carbons (Fsp3) is 0. The second-order valence-corrected chi connectivity index (χ2v) is 6.23. The van der Waals surface area contributed by atoms with Gasteiger partial charge in [-0.15, -0.1) is 10.2 Å². The van der Waals surface area contributed by atoms with Gasteiger partial charge in [-0.2, -0.15) is 3.97 Å². The molecule has 4 rings (SSSR count). The Bertz CT molecular complexity index is 915. The van der Waals surface area contributed by atoms with Gasteiger partial charge in [-0.3, -0.25) is 0 Å². The van der Waals surface area contributed by atoms with E-state index in [1.807, 2.05) is 30.3 Å². The van der Waals surface area contributed by atoms with E-state index >= 15 is 0 Å². The highest BCUT2D eigenvalue weighted by atomic mass is 32.2. The molecule has 0 N–H and O–H groups in total. The van der Waals surface area contributed by atoms with Crippen molar-refractivity contribution in [1.29, 1.82) is 0 Å². The van der Waals surface area contributed by atoms with Crippen LogP contribution in [0.25, 0.3) is 22.8 Å². The monoisotopic (exact) mass is 283 g/mol. The molecule has 6 heteroatoms. The molecule has 1 aliphatic rings. The fourth-order valence-electron chi connectivity index (χ4n) is 2.40. The molecule has 20 heavy (non-hydrogen) atoms. The highest BCUT2D eigenvalue weighted by Crippen LogP contribution is 2.38. The Hall–Kier alpha value is -2.47. The molecule has 3 aromatic rings. The van der Waals surface area contributed by atoms with Crippen molar-refractivity contribution in [2.75, 3.05) is 0 Å². The maximum absolute atomic E-state index is 12.6. The Morgan fingerprint density at radius 3 is 2.25 bits per heavy atom. The minimum atomic E-state index is -3.61. The standard InChI is InChI=1S/C14H9N3O2S/c18-20(19)12-9-5-4-8-11(12)14-16-15-13(17(14)20)10-6-2-1-3-7-10/h1-9H. The van der Waals surface area contributed by atoms with E-state index in [0.29, 0.717) is 17.2 Å². The molecule has 0 aliphatic carbocycles. The van der Waals surface area contributed by atoms with Crippen molar-refractivity contribution in [3.05, 3.63) is 54.6 Å². The summed E-state index contributed by atoms with van der Waals surface area (Å²) in [6, 6.07) is 16.0. The van der Waals surface area contributed by atoms with E-state index in [9.17, 15) is 8.42 Å². The minimum Gasteiger partial charge on any atom is -0.201 e. The van der Waals surface area contributed by atoms with Crippen molar-refractivity contribution < 1.29 is 8.42 Å². The first-order valence-corrected chi connectivity index (χ1v) is 7.49. The van der Waals surface area contributed by atoms with Crippen LogP contribution in [0.5, 0.6) is 0 Å². The topological polar surface area (TPSA) is 64.8 Å². The first-order valence-electron chi connectivity index (χ1n) is 6.05. The largest absolute Gasteiger partial charge is 0.272 e. The summed E-state index contributed by atoms with van der Waals surface area (Å²) >= 11 is 0. The molecular weight excluding hydrogens is 274 g/mol. The van der Waals surface area contributed by atoms with Crippen LogP contribution < -0.4 is 0 Å². The highest BCUT2D eigenvalue weighted by molar-refractivity contribution is 7.90. The van der Waals surface area contributed by atoms with Crippen molar-refractivity contribution in [2.45, 2.75) is 4.90 Å². The molecule has 2 heterocycles. The summed E-state index contributed by atoms with van der Waals surface area (Å²) in [5.41, 5.74) is 1.32. The molecule has 0 saturated carbocycles. The molecule has 0 radical (unpaired) electrons. The van der Waals surface area contributed by atoms with Gasteiger partial charge in [0.2, 0.25) is 0 Å². The summed E-state index contributed by atoms with van der Waals surface area (Å²) in [5.74, 6) is 0.719. The first kappa shape index (κ1) is 11.4. The van der Waals surface area contributed by atoms with Gasteiger partial charge in [-0.1, -0.05) is 42.5 Å². The van der Waals surface area contributed by atoms with Crippen molar-refractivity contribution in [3.63, 3.8) is 0 Å². The first-order chi connectivity index (χ1) is 9.69. The summed E-state index contributed by atoms with van der Waals surface area (Å²) in [5, 5.41) is 8.08. The molecule has 0 atom stereocenters. The lowest BCUT2D eigenvalue weighted by Crippen LogP contribution is -2.09. The molecule has 1 aliphatic heterocycles. The molecule has 0 bridgehead atoms. The van der Waals surface area contributed by atoms with Crippen LogP contribution in [0.3, 0.4) is 0 Å². The SMILES string of the molecule is O=S1(=O)c2ccccc2-c2nnc(-c3ccccc3)n21. The zero-order valence-electron chi connectivity index (χ0n) is 10.3. The number of aromatic nitrogens is 3. The maximum atomic E-state index is 12.6. The van der Waals surface area contributed by atoms with E-state index in [-0.39, 0.29) is 4.90 Å². The molecule has 98 valence electrons. The van der Waals surface area contributed by atoms with E-state index < -0.39 is 10.0 Å². The third-order valence-electron chi connectivity index (χ3n) is 3.30. The van der Waals surface area contributed by atoms with Gasteiger partial charge in [-0.05, 0) is 12.1 Å². The van der Waals surface area contributed by atoms with E-state index in [1.165, 1.54) is 3.97 Å². The average Bonchev–Trinajstić information content (AvgIpc) is 3.01. The lowest BCUT2D eigenvalue weighted by Gasteiger charge is -2.03. The second-order valence-electron chi connectivity index (χ2n) is 4.48. The predicted molar refractivity (Wildman–Crippen MR) is 73.5 cm³/mol. The van der Waals surface area contributed by atoms with Crippen LogP contribution in [0.1, 0.15) is 0 Å². The molecular formula is C14H9N3O2S.